The summed E-state index contributed by atoms with van der Waals surface area (Å²) in [5, 5.41) is 7.58. The topological polar surface area (TPSA) is 58.2 Å². The van der Waals surface area contributed by atoms with Gasteiger partial charge in [0.1, 0.15) is 5.82 Å². The molecule has 0 spiro atoms. The van der Waals surface area contributed by atoms with Crippen molar-refractivity contribution in [2.75, 3.05) is 16.4 Å². The first kappa shape index (κ1) is 19.2. The van der Waals surface area contributed by atoms with E-state index in [1.54, 1.807) is 6.07 Å². The molecule has 0 aliphatic rings. The lowest BCUT2D eigenvalue weighted by molar-refractivity contribution is -0.114. The van der Waals surface area contributed by atoms with Crippen molar-refractivity contribution in [1.82, 2.24) is 0 Å². The van der Waals surface area contributed by atoms with Crippen molar-refractivity contribution in [3.63, 3.8) is 0 Å². The minimum absolute atomic E-state index is 0.0165. The summed E-state index contributed by atoms with van der Waals surface area (Å²) < 4.78 is 13.9. The lowest BCUT2D eigenvalue weighted by atomic mass is 10.1. The number of anilines is 2. The van der Waals surface area contributed by atoms with Crippen molar-refractivity contribution in [1.29, 1.82) is 0 Å². The Morgan fingerprint density at radius 1 is 1.07 bits per heavy atom. The molecule has 0 saturated heterocycles. The fourth-order valence-corrected chi connectivity index (χ4v) is 3.86. The Morgan fingerprint density at radius 3 is 2.56 bits per heavy atom. The number of benzene rings is 3. The zero-order chi connectivity index (χ0) is 19.4. The van der Waals surface area contributed by atoms with Crippen LogP contribution in [0, 0.1) is 5.82 Å². The normalized spacial score (nSPS) is 10.6. The standard InChI is InChI=1S/C20H16ClFN2O2S/c1-12(25)23-14-8-9-16(22)17(10-14)24-19(26)11-27-18-7-3-5-13-4-2-6-15(21)20(13)18/h2-10H,11H2,1H3,(H,23,25)(H,24,26). The highest BCUT2D eigenvalue weighted by Crippen LogP contribution is 2.33. The van der Waals surface area contributed by atoms with Gasteiger partial charge in [-0.3, -0.25) is 9.59 Å². The van der Waals surface area contributed by atoms with Gasteiger partial charge in [-0.2, -0.15) is 0 Å². The van der Waals surface area contributed by atoms with Crippen LogP contribution in [-0.4, -0.2) is 17.6 Å². The first-order chi connectivity index (χ1) is 12.9. The number of rotatable bonds is 5. The van der Waals surface area contributed by atoms with Gasteiger partial charge >= 0.3 is 0 Å². The number of thioether (sulfide) groups is 1. The number of hydrogen-bond acceptors (Lipinski definition) is 3. The molecule has 0 heterocycles. The Kier molecular flexibility index (Phi) is 5.98. The molecule has 0 atom stereocenters. The summed E-state index contributed by atoms with van der Waals surface area (Å²) in [6, 6.07) is 15.4. The van der Waals surface area contributed by atoms with Crippen LogP contribution in [-0.2, 0) is 9.59 Å². The molecule has 3 aromatic carbocycles. The molecule has 0 unspecified atom stereocenters. The smallest absolute Gasteiger partial charge is 0.234 e. The van der Waals surface area contributed by atoms with E-state index in [-0.39, 0.29) is 23.3 Å². The second-order valence-corrected chi connectivity index (χ2v) is 7.23. The van der Waals surface area contributed by atoms with Crippen molar-refractivity contribution < 1.29 is 14.0 Å². The maximum Gasteiger partial charge on any atom is 0.234 e. The molecule has 27 heavy (non-hydrogen) atoms. The lowest BCUT2D eigenvalue weighted by Gasteiger charge is -2.10. The number of carbonyl (C=O) groups is 2. The summed E-state index contributed by atoms with van der Waals surface area (Å²) in [6.45, 7) is 1.35. The largest absolute Gasteiger partial charge is 0.326 e. The van der Waals surface area contributed by atoms with Crippen LogP contribution in [0.2, 0.25) is 5.02 Å². The minimum Gasteiger partial charge on any atom is -0.326 e. The van der Waals surface area contributed by atoms with Crippen LogP contribution in [0.25, 0.3) is 10.8 Å². The zero-order valence-corrected chi connectivity index (χ0v) is 16.0. The predicted molar refractivity (Wildman–Crippen MR) is 109 cm³/mol. The van der Waals surface area contributed by atoms with E-state index in [1.165, 1.54) is 36.9 Å². The molecule has 3 rings (SSSR count). The molecule has 0 aliphatic carbocycles. The third kappa shape index (κ3) is 4.78. The molecule has 3 aromatic rings. The fourth-order valence-electron chi connectivity index (χ4n) is 2.61. The van der Waals surface area contributed by atoms with E-state index in [9.17, 15) is 14.0 Å². The van der Waals surface area contributed by atoms with Gasteiger partial charge in [-0.1, -0.05) is 35.9 Å². The van der Waals surface area contributed by atoms with E-state index >= 15 is 0 Å². The summed E-state index contributed by atoms with van der Waals surface area (Å²) in [6.07, 6.45) is 0. The van der Waals surface area contributed by atoms with Gasteiger partial charge in [0.2, 0.25) is 11.8 Å². The summed E-state index contributed by atoms with van der Waals surface area (Å²) in [5.74, 6) is -1.12. The highest BCUT2D eigenvalue weighted by atomic mass is 35.5. The van der Waals surface area contributed by atoms with Gasteiger partial charge in [0.15, 0.2) is 0 Å². The van der Waals surface area contributed by atoms with Crippen LogP contribution < -0.4 is 10.6 Å². The number of nitrogens with one attached hydrogen (secondary N) is 2. The van der Waals surface area contributed by atoms with Gasteiger partial charge in [0.05, 0.1) is 11.4 Å². The van der Waals surface area contributed by atoms with Crippen LogP contribution in [0.1, 0.15) is 6.92 Å². The Balaban J connectivity index is 1.72. The third-order valence-electron chi connectivity index (χ3n) is 3.74. The summed E-state index contributed by atoms with van der Waals surface area (Å²) in [5.41, 5.74) is 0.426. The number of fused-ring (bicyclic) bond motifs is 1. The summed E-state index contributed by atoms with van der Waals surface area (Å²) >= 11 is 7.61. The maximum absolute atomic E-state index is 13.9. The number of halogens is 2. The first-order valence-corrected chi connectivity index (χ1v) is 9.47. The maximum atomic E-state index is 13.9. The molecular formula is C20H16ClFN2O2S. The second kappa shape index (κ2) is 8.41. The Labute approximate surface area is 165 Å². The van der Waals surface area contributed by atoms with Gasteiger partial charge in [0.25, 0.3) is 0 Å². The van der Waals surface area contributed by atoms with E-state index in [0.717, 1.165) is 15.7 Å². The molecule has 0 aromatic heterocycles. The van der Waals surface area contributed by atoms with Crippen molar-refractivity contribution >= 4 is 57.3 Å². The highest BCUT2D eigenvalue weighted by molar-refractivity contribution is 8.00. The summed E-state index contributed by atoms with van der Waals surface area (Å²) in [7, 11) is 0. The monoisotopic (exact) mass is 402 g/mol. The first-order valence-electron chi connectivity index (χ1n) is 8.11. The SMILES string of the molecule is CC(=O)Nc1ccc(F)c(NC(=O)CSc2cccc3cccc(Cl)c23)c1. The molecular weight excluding hydrogens is 387 g/mol. The lowest BCUT2D eigenvalue weighted by Crippen LogP contribution is -2.15. The van der Waals surface area contributed by atoms with Crippen molar-refractivity contribution in [3.8, 4) is 0 Å². The van der Waals surface area contributed by atoms with Gasteiger partial charge in [-0.05, 0) is 35.7 Å². The average molecular weight is 403 g/mol. The average Bonchev–Trinajstić information content (AvgIpc) is 2.62. The second-order valence-electron chi connectivity index (χ2n) is 5.81. The van der Waals surface area contributed by atoms with Crippen LogP contribution in [0.3, 0.4) is 0 Å². The Bertz CT molecular complexity index is 1020. The highest BCUT2D eigenvalue weighted by Gasteiger charge is 2.11. The quantitative estimate of drug-likeness (QED) is 0.568. The molecule has 0 fully saturated rings. The molecule has 0 radical (unpaired) electrons. The van der Waals surface area contributed by atoms with Crippen LogP contribution >= 0.6 is 23.4 Å². The van der Waals surface area contributed by atoms with Crippen LogP contribution in [0.4, 0.5) is 15.8 Å². The number of amides is 2. The van der Waals surface area contributed by atoms with Gasteiger partial charge in [-0.25, -0.2) is 4.39 Å². The molecule has 4 nitrogen and oxygen atoms in total. The Morgan fingerprint density at radius 2 is 1.81 bits per heavy atom. The molecule has 0 bridgehead atoms. The van der Waals surface area contributed by atoms with Gasteiger partial charge in [0, 0.05) is 27.9 Å². The van der Waals surface area contributed by atoms with Gasteiger partial charge in [-0.15, -0.1) is 11.8 Å². The molecule has 2 N–H and O–H groups in total. The molecule has 0 saturated carbocycles. The van der Waals surface area contributed by atoms with E-state index in [1.807, 2.05) is 30.3 Å². The molecule has 7 heteroatoms. The van der Waals surface area contributed by atoms with Crippen molar-refractivity contribution in [2.45, 2.75) is 11.8 Å². The van der Waals surface area contributed by atoms with Crippen LogP contribution in [0.5, 0.6) is 0 Å². The number of carbonyl (C=O) groups excluding carboxylic acids is 2. The Hall–Kier alpha value is -2.57. The van der Waals surface area contributed by atoms with Crippen LogP contribution in [0.15, 0.2) is 59.5 Å². The molecule has 2 amide bonds. The zero-order valence-electron chi connectivity index (χ0n) is 14.4. The summed E-state index contributed by atoms with van der Waals surface area (Å²) in [4.78, 5) is 24.3. The molecule has 0 aliphatic heterocycles. The molecule has 138 valence electrons. The van der Waals surface area contributed by atoms with Crippen molar-refractivity contribution in [2.24, 2.45) is 0 Å². The van der Waals surface area contributed by atoms with E-state index in [0.29, 0.717) is 10.7 Å². The minimum atomic E-state index is -0.573. The van der Waals surface area contributed by atoms with Gasteiger partial charge < -0.3 is 10.6 Å². The third-order valence-corrected chi connectivity index (χ3v) is 5.11. The van der Waals surface area contributed by atoms with E-state index in [4.69, 9.17) is 11.6 Å². The number of hydrogen-bond donors (Lipinski definition) is 2. The predicted octanol–water partition coefficient (Wildman–Crippen LogP) is 5.32. The van der Waals surface area contributed by atoms with E-state index in [2.05, 4.69) is 10.6 Å². The van der Waals surface area contributed by atoms with Crippen molar-refractivity contribution in [3.05, 3.63) is 65.4 Å². The van der Waals surface area contributed by atoms with E-state index < -0.39 is 5.82 Å². The fraction of sp³-hybridized carbons (Fsp3) is 0.100.